The minimum absolute atomic E-state index is 0.259. The van der Waals surface area contributed by atoms with Gasteiger partial charge in [-0.3, -0.25) is 0 Å². The van der Waals surface area contributed by atoms with Gasteiger partial charge in [-0.1, -0.05) is 6.07 Å². The first-order valence-corrected chi connectivity index (χ1v) is 6.73. The number of rotatable bonds is 3. The van der Waals surface area contributed by atoms with Crippen LogP contribution in [-0.2, 0) is 0 Å². The van der Waals surface area contributed by atoms with Crippen LogP contribution in [0.3, 0.4) is 0 Å². The maximum atomic E-state index is 13.8. The number of nitrogens with zero attached hydrogens (tertiary/aromatic N) is 2. The zero-order valence-corrected chi connectivity index (χ0v) is 12.4. The molecule has 2 aromatic carbocycles. The third kappa shape index (κ3) is 3.04. The van der Waals surface area contributed by atoms with Crippen LogP contribution in [-0.4, -0.2) is 7.05 Å². The molecule has 1 unspecified atom stereocenters. The van der Waals surface area contributed by atoms with Crippen LogP contribution in [0, 0.1) is 24.1 Å². The van der Waals surface area contributed by atoms with E-state index in [1.165, 1.54) is 6.07 Å². The molecular formula is C17H18FN3. The summed E-state index contributed by atoms with van der Waals surface area (Å²) in [4.78, 5) is 1.92. The molecule has 0 fully saturated rings. The number of nitriles is 1. The average Bonchev–Trinajstić information content (AvgIpc) is 2.48. The predicted octanol–water partition coefficient (Wildman–Crippen LogP) is 3.79. The summed E-state index contributed by atoms with van der Waals surface area (Å²) in [7, 11) is 1.88. The second kappa shape index (κ2) is 5.94. The summed E-state index contributed by atoms with van der Waals surface area (Å²) in [6.07, 6.45) is 0. The quantitative estimate of drug-likeness (QED) is 0.932. The van der Waals surface area contributed by atoms with Gasteiger partial charge < -0.3 is 10.6 Å². The number of hydrogen-bond donors (Lipinski definition) is 1. The van der Waals surface area contributed by atoms with Gasteiger partial charge in [0.1, 0.15) is 5.82 Å². The molecule has 2 rings (SSSR count). The molecule has 3 nitrogen and oxygen atoms in total. The van der Waals surface area contributed by atoms with Gasteiger partial charge >= 0.3 is 0 Å². The first-order valence-electron chi connectivity index (χ1n) is 6.73. The average molecular weight is 283 g/mol. The fraction of sp³-hybridized carbons (Fsp3) is 0.235. The molecule has 0 aliphatic heterocycles. The highest BCUT2D eigenvalue weighted by molar-refractivity contribution is 5.68. The molecule has 0 amide bonds. The molecule has 0 heterocycles. The molecule has 108 valence electrons. The third-order valence-electron chi connectivity index (χ3n) is 3.52. The Bertz CT molecular complexity index is 702. The van der Waals surface area contributed by atoms with Crippen molar-refractivity contribution in [2.75, 3.05) is 11.9 Å². The first-order chi connectivity index (χ1) is 9.93. The van der Waals surface area contributed by atoms with E-state index in [4.69, 9.17) is 11.0 Å². The second-order valence-electron chi connectivity index (χ2n) is 5.17. The van der Waals surface area contributed by atoms with Gasteiger partial charge in [-0.25, -0.2) is 4.39 Å². The van der Waals surface area contributed by atoms with Crippen LogP contribution < -0.4 is 10.6 Å². The van der Waals surface area contributed by atoms with Gasteiger partial charge in [0.2, 0.25) is 0 Å². The molecule has 0 aliphatic carbocycles. The Labute approximate surface area is 124 Å². The second-order valence-corrected chi connectivity index (χ2v) is 5.17. The van der Waals surface area contributed by atoms with Gasteiger partial charge in [-0.05, 0) is 55.3 Å². The summed E-state index contributed by atoms with van der Waals surface area (Å²) in [5, 5.41) is 9.00. The number of benzene rings is 2. The number of anilines is 2. The third-order valence-corrected chi connectivity index (χ3v) is 3.52. The van der Waals surface area contributed by atoms with Gasteiger partial charge in [0.15, 0.2) is 0 Å². The van der Waals surface area contributed by atoms with Crippen molar-refractivity contribution in [1.82, 2.24) is 0 Å². The lowest BCUT2D eigenvalue weighted by molar-refractivity contribution is 0.613. The van der Waals surface area contributed by atoms with Crippen LogP contribution in [0.4, 0.5) is 15.8 Å². The minimum atomic E-state index is -0.281. The Morgan fingerprint density at radius 2 is 2.00 bits per heavy atom. The highest BCUT2D eigenvalue weighted by Gasteiger charge is 2.15. The normalized spacial score (nSPS) is 11.8. The summed E-state index contributed by atoms with van der Waals surface area (Å²) in [6.45, 7) is 3.55. The summed E-state index contributed by atoms with van der Waals surface area (Å²) in [6, 6.07) is 12.4. The molecule has 2 aromatic rings. The number of nitrogens with two attached hydrogens (primary N) is 1. The number of aryl methyl sites for hydroxylation is 1. The first kappa shape index (κ1) is 15.0. The standard InChI is InChI=1S/C17H18FN3/c1-11-7-17(15(12(2)20)9-16(11)18)21(3)14-6-4-5-13(8-14)10-19/h4-9,12H,20H2,1-3H3. The predicted molar refractivity (Wildman–Crippen MR) is 83.0 cm³/mol. The monoisotopic (exact) mass is 283 g/mol. The van der Waals surface area contributed by atoms with Crippen molar-refractivity contribution in [2.45, 2.75) is 19.9 Å². The van der Waals surface area contributed by atoms with Crippen molar-refractivity contribution in [3.63, 3.8) is 0 Å². The van der Waals surface area contributed by atoms with Crippen LogP contribution in [0.5, 0.6) is 0 Å². The fourth-order valence-electron chi connectivity index (χ4n) is 2.26. The lowest BCUT2D eigenvalue weighted by Gasteiger charge is -2.25. The summed E-state index contributed by atoms with van der Waals surface area (Å²) < 4.78 is 13.8. The van der Waals surface area contributed by atoms with E-state index in [2.05, 4.69) is 6.07 Å². The molecule has 2 N–H and O–H groups in total. The molecule has 4 heteroatoms. The van der Waals surface area contributed by atoms with Crippen LogP contribution >= 0.6 is 0 Å². The van der Waals surface area contributed by atoms with Crippen molar-refractivity contribution in [3.8, 4) is 6.07 Å². The molecule has 0 radical (unpaired) electrons. The van der Waals surface area contributed by atoms with Crippen LogP contribution in [0.15, 0.2) is 36.4 Å². The maximum absolute atomic E-state index is 13.8. The van der Waals surface area contributed by atoms with Crippen LogP contribution in [0.2, 0.25) is 0 Å². The minimum Gasteiger partial charge on any atom is -0.344 e. The van der Waals surface area contributed by atoms with Gasteiger partial charge in [-0.2, -0.15) is 5.26 Å². The van der Waals surface area contributed by atoms with E-state index in [9.17, 15) is 4.39 Å². The molecule has 0 aromatic heterocycles. The molecule has 0 saturated carbocycles. The van der Waals surface area contributed by atoms with E-state index in [0.29, 0.717) is 11.1 Å². The van der Waals surface area contributed by atoms with Gasteiger partial charge in [0, 0.05) is 24.5 Å². The topological polar surface area (TPSA) is 53.0 Å². The molecule has 0 spiro atoms. The van der Waals surface area contributed by atoms with Crippen LogP contribution in [0.25, 0.3) is 0 Å². The summed E-state index contributed by atoms with van der Waals surface area (Å²) >= 11 is 0. The van der Waals surface area contributed by atoms with E-state index < -0.39 is 0 Å². The number of hydrogen-bond acceptors (Lipinski definition) is 3. The molecule has 0 bridgehead atoms. The lowest BCUT2D eigenvalue weighted by Crippen LogP contribution is -2.16. The zero-order valence-electron chi connectivity index (χ0n) is 12.4. The van der Waals surface area contributed by atoms with Crippen molar-refractivity contribution in [3.05, 3.63) is 58.9 Å². The van der Waals surface area contributed by atoms with E-state index in [0.717, 1.165) is 16.9 Å². The SMILES string of the molecule is Cc1cc(N(C)c2cccc(C#N)c2)c(C(C)N)cc1F. The fourth-order valence-corrected chi connectivity index (χ4v) is 2.26. The van der Waals surface area contributed by atoms with Gasteiger partial charge in [0.25, 0.3) is 0 Å². The van der Waals surface area contributed by atoms with E-state index in [1.807, 2.05) is 31.0 Å². The maximum Gasteiger partial charge on any atom is 0.126 e. The summed E-state index contributed by atoms with van der Waals surface area (Å²) in [5.41, 5.74) is 9.56. The Morgan fingerprint density at radius 1 is 1.29 bits per heavy atom. The number of halogens is 1. The van der Waals surface area contributed by atoms with E-state index >= 15 is 0 Å². The Kier molecular flexibility index (Phi) is 4.25. The van der Waals surface area contributed by atoms with Crippen LogP contribution in [0.1, 0.15) is 29.7 Å². The molecule has 1 atom stereocenters. The Hall–Kier alpha value is -2.38. The zero-order chi connectivity index (χ0) is 15.6. The Balaban J connectivity index is 2.54. The van der Waals surface area contributed by atoms with Gasteiger partial charge in [-0.15, -0.1) is 0 Å². The van der Waals surface area contributed by atoms with Crippen molar-refractivity contribution in [2.24, 2.45) is 5.73 Å². The van der Waals surface area contributed by atoms with Crippen molar-refractivity contribution in [1.29, 1.82) is 5.26 Å². The Morgan fingerprint density at radius 3 is 2.62 bits per heavy atom. The highest BCUT2D eigenvalue weighted by Crippen LogP contribution is 2.32. The smallest absolute Gasteiger partial charge is 0.126 e. The molecule has 21 heavy (non-hydrogen) atoms. The van der Waals surface area contributed by atoms with E-state index in [1.54, 1.807) is 25.1 Å². The van der Waals surface area contributed by atoms with Gasteiger partial charge in [0.05, 0.1) is 11.6 Å². The molecular weight excluding hydrogens is 265 g/mol. The van der Waals surface area contributed by atoms with Crippen molar-refractivity contribution >= 4 is 11.4 Å². The highest BCUT2D eigenvalue weighted by atomic mass is 19.1. The van der Waals surface area contributed by atoms with E-state index in [-0.39, 0.29) is 11.9 Å². The van der Waals surface area contributed by atoms with Crippen molar-refractivity contribution < 1.29 is 4.39 Å². The lowest BCUT2D eigenvalue weighted by atomic mass is 10.0. The molecule has 0 aliphatic rings. The molecule has 0 saturated heterocycles. The summed E-state index contributed by atoms with van der Waals surface area (Å²) in [5.74, 6) is -0.259. The largest absolute Gasteiger partial charge is 0.344 e.